The van der Waals surface area contributed by atoms with Crippen LogP contribution in [0.2, 0.25) is 0 Å². The number of benzene rings is 1. The van der Waals surface area contributed by atoms with Gasteiger partial charge < -0.3 is 11.1 Å². The van der Waals surface area contributed by atoms with Gasteiger partial charge in [0.1, 0.15) is 0 Å². The van der Waals surface area contributed by atoms with Gasteiger partial charge >= 0.3 is 0 Å². The molecule has 98 valence electrons. The molecule has 0 radical (unpaired) electrons. The zero-order valence-corrected chi connectivity index (χ0v) is 11.1. The second-order valence-corrected chi connectivity index (χ2v) is 4.66. The molecule has 0 heterocycles. The lowest BCUT2D eigenvalue weighted by Crippen LogP contribution is -2.40. The summed E-state index contributed by atoms with van der Waals surface area (Å²) in [7, 11) is 0. The van der Waals surface area contributed by atoms with Crippen molar-refractivity contribution in [3.05, 3.63) is 47.5 Å². The molecule has 0 aliphatic heterocycles. The quantitative estimate of drug-likeness (QED) is 0.755. The van der Waals surface area contributed by atoms with Crippen LogP contribution >= 0.6 is 0 Å². The van der Waals surface area contributed by atoms with Crippen LogP contribution in [0.1, 0.15) is 25.8 Å². The standard InChI is InChI=1S/C15H22N2O/c1-12(2)10-11-17-15(18)14(16)9-8-13-6-4-3-5-7-13/h3-7,10,14H,8-9,11,16H2,1-2H3,(H,17,18)/t14-/m0/s1. The van der Waals surface area contributed by atoms with Gasteiger partial charge in [-0.1, -0.05) is 42.0 Å². The molecule has 1 aromatic rings. The number of rotatable bonds is 6. The summed E-state index contributed by atoms with van der Waals surface area (Å²) in [5.74, 6) is -0.0802. The fourth-order valence-electron chi connectivity index (χ4n) is 1.58. The molecule has 18 heavy (non-hydrogen) atoms. The normalized spacial score (nSPS) is 11.7. The maximum absolute atomic E-state index is 11.7. The van der Waals surface area contributed by atoms with Crippen LogP contribution in [-0.2, 0) is 11.2 Å². The van der Waals surface area contributed by atoms with Crippen LogP contribution < -0.4 is 11.1 Å². The molecular weight excluding hydrogens is 224 g/mol. The average Bonchev–Trinajstić information content (AvgIpc) is 2.36. The first kappa shape index (κ1) is 14.5. The zero-order valence-electron chi connectivity index (χ0n) is 11.1. The molecule has 0 bridgehead atoms. The van der Waals surface area contributed by atoms with E-state index in [4.69, 9.17) is 5.73 Å². The molecule has 3 nitrogen and oxygen atoms in total. The Labute approximate surface area is 109 Å². The van der Waals surface area contributed by atoms with E-state index in [-0.39, 0.29) is 5.91 Å². The van der Waals surface area contributed by atoms with E-state index in [2.05, 4.69) is 5.32 Å². The van der Waals surface area contributed by atoms with Gasteiger partial charge in [-0.2, -0.15) is 0 Å². The Bertz CT molecular complexity index is 394. The van der Waals surface area contributed by atoms with Crippen molar-refractivity contribution >= 4 is 5.91 Å². The summed E-state index contributed by atoms with van der Waals surface area (Å²) < 4.78 is 0. The molecule has 0 saturated heterocycles. The second-order valence-electron chi connectivity index (χ2n) is 4.66. The molecule has 1 amide bonds. The number of nitrogens with one attached hydrogen (secondary N) is 1. The Morgan fingerprint density at radius 3 is 2.61 bits per heavy atom. The first-order valence-electron chi connectivity index (χ1n) is 6.30. The van der Waals surface area contributed by atoms with Crippen molar-refractivity contribution in [1.82, 2.24) is 5.32 Å². The second kappa shape index (κ2) is 7.67. The van der Waals surface area contributed by atoms with Crippen LogP contribution in [0.3, 0.4) is 0 Å². The number of amides is 1. The van der Waals surface area contributed by atoms with Gasteiger partial charge in [0.05, 0.1) is 6.04 Å². The third-order valence-corrected chi connectivity index (χ3v) is 2.71. The summed E-state index contributed by atoms with van der Waals surface area (Å²) in [6.45, 7) is 4.56. The van der Waals surface area contributed by atoms with E-state index in [1.54, 1.807) is 0 Å². The van der Waals surface area contributed by atoms with Crippen molar-refractivity contribution in [1.29, 1.82) is 0 Å². The third-order valence-electron chi connectivity index (χ3n) is 2.71. The predicted octanol–water partition coefficient (Wildman–Crippen LogP) is 2.03. The van der Waals surface area contributed by atoms with Gasteiger partial charge in [0.2, 0.25) is 5.91 Å². The highest BCUT2D eigenvalue weighted by atomic mass is 16.2. The van der Waals surface area contributed by atoms with E-state index < -0.39 is 6.04 Å². The summed E-state index contributed by atoms with van der Waals surface area (Å²) in [5.41, 5.74) is 8.25. The molecular formula is C15H22N2O. The largest absolute Gasteiger partial charge is 0.351 e. The van der Waals surface area contributed by atoms with Crippen LogP contribution in [0.25, 0.3) is 0 Å². The fraction of sp³-hybridized carbons (Fsp3) is 0.400. The Morgan fingerprint density at radius 2 is 2.00 bits per heavy atom. The molecule has 0 saturated carbocycles. The van der Waals surface area contributed by atoms with Crippen molar-refractivity contribution in [2.75, 3.05) is 6.54 Å². The maximum Gasteiger partial charge on any atom is 0.237 e. The summed E-state index contributed by atoms with van der Waals surface area (Å²) in [6.07, 6.45) is 3.48. The number of aryl methyl sites for hydroxylation is 1. The monoisotopic (exact) mass is 246 g/mol. The third kappa shape index (κ3) is 5.64. The fourth-order valence-corrected chi connectivity index (χ4v) is 1.58. The van der Waals surface area contributed by atoms with E-state index in [0.29, 0.717) is 13.0 Å². The average molecular weight is 246 g/mol. The summed E-state index contributed by atoms with van der Waals surface area (Å²) in [6, 6.07) is 9.64. The van der Waals surface area contributed by atoms with Crippen molar-refractivity contribution in [2.45, 2.75) is 32.7 Å². The molecule has 0 aliphatic rings. The first-order valence-corrected chi connectivity index (χ1v) is 6.30. The van der Waals surface area contributed by atoms with Crippen molar-refractivity contribution in [2.24, 2.45) is 5.73 Å². The van der Waals surface area contributed by atoms with E-state index in [0.717, 1.165) is 6.42 Å². The topological polar surface area (TPSA) is 55.1 Å². The molecule has 0 unspecified atom stereocenters. The van der Waals surface area contributed by atoms with Gasteiger partial charge in [-0.15, -0.1) is 0 Å². The molecule has 3 N–H and O–H groups in total. The predicted molar refractivity (Wildman–Crippen MR) is 75.2 cm³/mol. The highest BCUT2D eigenvalue weighted by Crippen LogP contribution is 2.04. The van der Waals surface area contributed by atoms with Crippen LogP contribution in [0.5, 0.6) is 0 Å². The smallest absolute Gasteiger partial charge is 0.237 e. The molecule has 0 spiro atoms. The minimum absolute atomic E-state index is 0.0802. The molecule has 0 aliphatic carbocycles. The lowest BCUT2D eigenvalue weighted by atomic mass is 10.1. The first-order chi connectivity index (χ1) is 8.59. The van der Waals surface area contributed by atoms with E-state index in [9.17, 15) is 4.79 Å². The zero-order chi connectivity index (χ0) is 13.4. The molecule has 0 aromatic heterocycles. The van der Waals surface area contributed by atoms with E-state index in [1.807, 2.05) is 50.3 Å². The Hall–Kier alpha value is -1.61. The van der Waals surface area contributed by atoms with Crippen LogP contribution in [-0.4, -0.2) is 18.5 Å². The van der Waals surface area contributed by atoms with Crippen LogP contribution in [0.4, 0.5) is 0 Å². The minimum atomic E-state index is -0.434. The highest BCUT2D eigenvalue weighted by Gasteiger charge is 2.11. The molecule has 1 aromatic carbocycles. The van der Waals surface area contributed by atoms with Crippen molar-refractivity contribution < 1.29 is 4.79 Å². The maximum atomic E-state index is 11.7. The summed E-state index contributed by atoms with van der Waals surface area (Å²) in [4.78, 5) is 11.7. The lowest BCUT2D eigenvalue weighted by Gasteiger charge is -2.11. The Balaban J connectivity index is 2.30. The molecule has 0 fully saturated rings. The van der Waals surface area contributed by atoms with Gasteiger partial charge in [0, 0.05) is 6.54 Å². The SMILES string of the molecule is CC(C)=CCNC(=O)[C@@H](N)CCc1ccccc1. The minimum Gasteiger partial charge on any atom is -0.351 e. The number of hydrogen-bond acceptors (Lipinski definition) is 2. The van der Waals surface area contributed by atoms with Gasteiger partial charge in [-0.05, 0) is 32.3 Å². The molecule has 1 rings (SSSR count). The van der Waals surface area contributed by atoms with Crippen molar-refractivity contribution in [3.63, 3.8) is 0 Å². The highest BCUT2D eigenvalue weighted by molar-refractivity contribution is 5.81. The van der Waals surface area contributed by atoms with E-state index in [1.165, 1.54) is 11.1 Å². The van der Waals surface area contributed by atoms with Crippen molar-refractivity contribution in [3.8, 4) is 0 Å². The van der Waals surface area contributed by atoms with Gasteiger partial charge in [0.25, 0.3) is 0 Å². The van der Waals surface area contributed by atoms with Gasteiger partial charge in [-0.25, -0.2) is 0 Å². The van der Waals surface area contributed by atoms with Gasteiger partial charge in [-0.3, -0.25) is 4.79 Å². The Kier molecular flexibility index (Phi) is 6.15. The van der Waals surface area contributed by atoms with Crippen LogP contribution in [0, 0.1) is 0 Å². The number of nitrogens with two attached hydrogens (primary N) is 1. The van der Waals surface area contributed by atoms with Gasteiger partial charge in [0.15, 0.2) is 0 Å². The van der Waals surface area contributed by atoms with E-state index >= 15 is 0 Å². The Morgan fingerprint density at radius 1 is 1.33 bits per heavy atom. The summed E-state index contributed by atoms with van der Waals surface area (Å²) >= 11 is 0. The van der Waals surface area contributed by atoms with Crippen LogP contribution in [0.15, 0.2) is 42.0 Å². The molecule has 1 atom stereocenters. The number of allylic oxidation sites excluding steroid dienone is 1. The lowest BCUT2D eigenvalue weighted by molar-refractivity contribution is -0.122. The summed E-state index contributed by atoms with van der Waals surface area (Å²) in [5, 5.41) is 2.81. The molecule has 3 heteroatoms. The number of carbonyl (C=O) groups excluding carboxylic acids is 1. The number of hydrogen-bond donors (Lipinski definition) is 2. The number of carbonyl (C=O) groups is 1.